The van der Waals surface area contributed by atoms with E-state index < -0.39 is 0 Å². The lowest BCUT2D eigenvalue weighted by Gasteiger charge is -2.38. The second-order valence-electron chi connectivity index (χ2n) is 6.10. The lowest BCUT2D eigenvalue weighted by molar-refractivity contribution is -0.148. The predicted octanol–water partition coefficient (Wildman–Crippen LogP) is 2.10. The van der Waals surface area contributed by atoms with Crippen molar-refractivity contribution in [3.63, 3.8) is 0 Å². The summed E-state index contributed by atoms with van der Waals surface area (Å²) in [4.78, 5) is 14.3. The van der Waals surface area contributed by atoms with E-state index >= 15 is 0 Å². The fraction of sp³-hybridized carbons (Fsp3) is 0.588. The number of rotatable bonds is 5. The van der Waals surface area contributed by atoms with Gasteiger partial charge in [0.1, 0.15) is 6.10 Å². The van der Waals surface area contributed by atoms with Crippen LogP contribution >= 0.6 is 0 Å². The zero-order chi connectivity index (χ0) is 14.7. The summed E-state index contributed by atoms with van der Waals surface area (Å²) in [6.07, 6.45) is 3.99. The number of morpholine rings is 1. The minimum absolute atomic E-state index is 0.00683. The van der Waals surface area contributed by atoms with Crippen LogP contribution in [0.3, 0.4) is 0 Å². The summed E-state index contributed by atoms with van der Waals surface area (Å²) < 4.78 is 6.26. The molecular weight excluding hydrogens is 264 g/mol. The molecule has 2 aliphatic rings. The molecule has 0 unspecified atom stereocenters. The number of carbonyl (C=O) groups is 1. The number of carbonyl (C=O) groups excluding carboxylic acids is 1. The van der Waals surface area contributed by atoms with Crippen molar-refractivity contribution in [2.75, 3.05) is 19.6 Å². The minimum Gasteiger partial charge on any atom is -0.366 e. The Bertz CT molecular complexity index is 473. The highest BCUT2D eigenvalue weighted by Gasteiger charge is 2.39. The normalized spacial score (nSPS) is 25.9. The Morgan fingerprint density at radius 2 is 2.00 bits per heavy atom. The van der Waals surface area contributed by atoms with Crippen molar-refractivity contribution in [2.24, 2.45) is 11.7 Å². The highest BCUT2D eigenvalue weighted by molar-refractivity contribution is 5.76. The molecule has 1 amide bonds. The van der Waals surface area contributed by atoms with Crippen LogP contribution in [-0.4, -0.2) is 36.5 Å². The van der Waals surface area contributed by atoms with Gasteiger partial charge in [0, 0.05) is 13.0 Å². The third-order valence-corrected chi connectivity index (χ3v) is 4.39. The predicted molar refractivity (Wildman–Crippen MR) is 81.6 cm³/mol. The summed E-state index contributed by atoms with van der Waals surface area (Å²) in [6.45, 7) is 1.98. The Hall–Kier alpha value is -1.39. The van der Waals surface area contributed by atoms with E-state index in [1.807, 2.05) is 23.1 Å². The van der Waals surface area contributed by atoms with Crippen LogP contribution in [0, 0.1) is 5.92 Å². The molecule has 1 heterocycles. The molecule has 2 N–H and O–H groups in total. The van der Waals surface area contributed by atoms with Crippen LogP contribution in [0.5, 0.6) is 0 Å². The lowest BCUT2D eigenvalue weighted by atomic mass is 10.0. The Labute approximate surface area is 126 Å². The van der Waals surface area contributed by atoms with E-state index in [1.54, 1.807) is 0 Å². The molecule has 1 aliphatic heterocycles. The standard InChI is InChI=1S/C17H24N2O2/c18-10-4-7-17(20)19-11-15(13-5-2-1-3-6-13)21-16(12-19)14-8-9-14/h1-3,5-6,14-16H,4,7-12,18H2/t15-,16+/m0/s1. The summed E-state index contributed by atoms with van der Waals surface area (Å²) in [5.41, 5.74) is 6.68. The van der Waals surface area contributed by atoms with E-state index in [0.29, 0.717) is 25.4 Å². The van der Waals surface area contributed by atoms with Gasteiger partial charge >= 0.3 is 0 Å². The summed E-state index contributed by atoms with van der Waals surface area (Å²) in [7, 11) is 0. The van der Waals surface area contributed by atoms with Crippen LogP contribution in [0.15, 0.2) is 30.3 Å². The third kappa shape index (κ3) is 3.63. The molecule has 1 aliphatic carbocycles. The molecule has 1 aromatic carbocycles. The van der Waals surface area contributed by atoms with E-state index in [4.69, 9.17) is 10.5 Å². The van der Waals surface area contributed by atoms with Gasteiger partial charge in [0.25, 0.3) is 0 Å². The number of ether oxygens (including phenoxy) is 1. The minimum atomic E-state index is 0.00683. The number of hydrogen-bond acceptors (Lipinski definition) is 3. The molecule has 2 atom stereocenters. The topological polar surface area (TPSA) is 55.6 Å². The fourth-order valence-electron chi connectivity index (χ4n) is 2.98. The Morgan fingerprint density at radius 3 is 2.67 bits per heavy atom. The molecule has 21 heavy (non-hydrogen) atoms. The van der Waals surface area contributed by atoms with Crippen molar-refractivity contribution in [3.05, 3.63) is 35.9 Å². The first kappa shape index (κ1) is 14.5. The average molecular weight is 288 g/mol. The summed E-state index contributed by atoms with van der Waals surface area (Å²) >= 11 is 0. The maximum atomic E-state index is 12.3. The summed E-state index contributed by atoms with van der Waals surface area (Å²) in [6, 6.07) is 10.2. The molecule has 0 aromatic heterocycles. The quantitative estimate of drug-likeness (QED) is 0.903. The highest BCUT2D eigenvalue weighted by Crippen LogP contribution is 2.39. The summed E-state index contributed by atoms with van der Waals surface area (Å²) in [5, 5.41) is 0. The van der Waals surface area contributed by atoms with Crippen LogP contribution < -0.4 is 5.73 Å². The zero-order valence-corrected chi connectivity index (χ0v) is 12.4. The molecular formula is C17H24N2O2. The van der Waals surface area contributed by atoms with Crippen LogP contribution in [-0.2, 0) is 9.53 Å². The number of benzene rings is 1. The van der Waals surface area contributed by atoms with Crippen LogP contribution in [0.4, 0.5) is 0 Å². The van der Waals surface area contributed by atoms with Gasteiger partial charge in [0.05, 0.1) is 12.6 Å². The van der Waals surface area contributed by atoms with Crippen molar-refractivity contribution in [2.45, 2.75) is 37.9 Å². The molecule has 1 saturated heterocycles. The first-order valence-corrected chi connectivity index (χ1v) is 7.96. The van der Waals surface area contributed by atoms with E-state index in [0.717, 1.165) is 13.0 Å². The van der Waals surface area contributed by atoms with Gasteiger partial charge in [-0.15, -0.1) is 0 Å². The van der Waals surface area contributed by atoms with Gasteiger partial charge in [-0.25, -0.2) is 0 Å². The molecule has 114 valence electrons. The van der Waals surface area contributed by atoms with Gasteiger partial charge in [-0.05, 0) is 37.3 Å². The number of nitrogens with two attached hydrogens (primary N) is 1. The van der Waals surface area contributed by atoms with Gasteiger partial charge in [0.15, 0.2) is 0 Å². The van der Waals surface area contributed by atoms with Crippen molar-refractivity contribution in [1.29, 1.82) is 0 Å². The van der Waals surface area contributed by atoms with E-state index in [1.165, 1.54) is 18.4 Å². The SMILES string of the molecule is NCCCC(=O)N1C[C@@H](c2ccccc2)O[C@@H](C2CC2)C1. The fourth-order valence-corrected chi connectivity index (χ4v) is 2.98. The molecule has 3 rings (SSSR count). The molecule has 0 bridgehead atoms. The smallest absolute Gasteiger partial charge is 0.222 e. The molecule has 2 fully saturated rings. The van der Waals surface area contributed by atoms with Crippen molar-refractivity contribution in [3.8, 4) is 0 Å². The third-order valence-electron chi connectivity index (χ3n) is 4.39. The van der Waals surface area contributed by atoms with E-state index in [9.17, 15) is 4.79 Å². The van der Waals surface area contributed by atoms with Crippen LogP contribution in [0.25, 0.3) is 0 Å². The van der Waals surface area contributed by atoms with Gasteiger partial charge in [-0.3, -0.25) is 4.79 Å². The molecule has 1 saturated carbocycles. The molecule has 0 radical (unpaired) electrons. The zero-order valence-electron chi connectivity index (χ0n) is 12.4. The van der Waals surface area contributed by atoms with Crippen molar-refractivity contribution in [1.82, 2.24) is 4.90 Å². The van der Waals surface area contributed by atoms with Crippen molar-refractivity contribution >= 4 is 5.91 Å². The first-order valence-electron chi connectivity index (χ1n) is 7.96. The highest BCUT2D eigenvalue weighted by atomic mass is 16.5. The van der Waals surface area contributed by atoms with Crippen molar-refractivity contribution < 1.29 is 9.53 Å². The van der Waals surface area contributed by atoms with Crippen LogP contribution in [0.1, 0.15) is 37.4 Å². The van der Waals surface area contributed by atoms with Gasteiger partial charge in [-0.1, -0.05) is 30.3 Å². The lowest BCUT2D eigenvalue weighted by Crippen LogP contribution is -2.47. The molecule has 0 spiro atoms. The number of nitrogens with zero attached hydrogens (tertiary/aromatic N) is 1. The first-order chi connectivity index (χ1) is 10.3. The molecule has 1 aromatic rings. The van der Waals surface area contributed by atoms with Gasteiger partial charge < -0.3 is 15.4 Å². The van der Waals surface area contributed by atoms with Crippen LogP contribution in [0.2, 0.25) is 0 Å². The Balaban J connectivity index is 1.70. The largest absolute Gasteiger partial charge is 0.366 e. The van der Waals surface area contributed by atoms with E-state index in [2.05, 4.69) is 12.1 Å². The number of hydrogen-bond donors (Lipinski definition) is 1. The molecule has 4 heteroatoms. The Kier molecular flexibility index (Phi) is 4.56. The van der Waals surface area contributed by atoms with Gasteiger partial charge in [0.2, 0.25) is 5.91 Å². The second-order valence-corrected chi connectivity index (χ2v) is 6.10. The van der Waals surface area contributed by atoms with E-state index in [-0.39, 0.29) is 18.1 Å². The molecule has 4 nitrogen and oxygen atoms in total. The second kappa shape index (κ2) is 6.58. The maximum Gasteiger partial charge on any atom is 0.222 e. The maximum absolute atomic E-state index is 12.3. The summed E-state index contributed by atoms with van der Waals surface area (Å²) in [5.74, 6) is 0.858. The monoisotopic (exact) mass is 288 g/mol. The van der Waals surface area contributed by atoms with Gasteiger partial charge in [-0.2, -0.15) is 0 Å². The number of amides is 1. The Morgan fingerprint density at radius 1 is 1.24 bits per heavy atom. The average Bonchev–Trinajstić information content (AvgIpc) is 3.38.